The molecule has 216 valence electrons. The number of piperidine rings is 1. The number of nitrogens with one attached hydrogen (secondary N) is 1. The van der Waals surface area contributed by atoms with Gasteiger partial charge in [0.05, 0.1) is 28.9 Å². The summed E-state index contributed by atoms with van der Waals surface area (Å²) in [7, 11) is -2.66. The number of nitrogens with zero attached hydrogens (tertiary/aromatic N) is 3. The van der Waals surface area contributed by atoms with Crippen LogP contribution in [-0.4, -0.2) is 64.7 Å². The third-order valence-corrected chi connectivity index (χ3v) is 8.48. The van der Waals surface area contributed by atoms with Crippen LogP contribution in [0.15, 0.2) is 82.8 Å². The number of hydrogen-bond donors (Lipinski definition) is 1. The number of hydrogen-bond acceptors (Lipinski definition) is 7. The van der Waals surface area contributed by atoms with Gasteiger partial charge in [0.25, 0.3) is 21.8 Å². The summed E-state index contributed by atoms with van der Waals surface area (Å²) in [5, 5.41) is 4.15. The van der Waals surface area contributed by atoms with E-state index in [-0.39, 0.29) is 28.1 Å². The Bertz CT molecular complexity index is 1480. The van der Waals surface area contributed by atoms with Crippen LogP contribution in [0, 0.1) is 0 Å². The molecule has 1 fully saturated rings. The van der Waals surface area contributed by atoms with E-state index in [0.717, 1.165) is 36.7 Å². The van der Waals surface area contributed by atoms with Crippen LogP contribution in [0.5, 0.6) is 11.5 Å². The van der Waals surface area contributed by atoms with Crippen molar-refractivity contribution in [3.8, 4) is 11.5 Å². The van der Waals surface area contributed by atoms with Crippen molar-refractivity contribution in [3.63, 3.8) is 0 Å². The van der Waals surface area contributed by atoms with Gasteiger partial charge in [-0.1, -0.05) is 29.8 Å². The fourth-order valence-corrected chi connectivity index (χ4v) is 5.91. The lowest BCUT2D eigenvalue weighted by Gasteiger charge is -2.26. The molecule has 1 aliphatic heterocycles. The summed E-state index contributed by atoms with van der Waals surface area (Å²) in [6.07, 6.45) is 4.61. The van der Waals surface area contributed by atoms with Crippen LogP contribution >= 0.6 is 11.6 Å². The van der Waals surface area contributed by atoms with E-state index in [2.05, 4.69) is 10.5 Å². The van der Waals surface area contributed by atoms with Gasteiger partial charge in [-0.2, -0.15) is 5.10 Å². The maximum Gasteiger partial charge on any atom is 0.264 e. The topological polar surface area (TPSA) is 118 Å². The van der Waals surface area contributed by atoms with Gasteiger partial charge in [0.1, 0.15) is 18.0 Å². The second-order valence-corrected chi connectivity index (χ2v) is 11.5. The first-order valence-corrected chi connectivity index (χ1v) is 14.8. The first kappa shape index (κ1) is 29.9. The SMILES string of the molecule is COc1ccc(N(CC(=O)N/N=C\c2ccc(OCC(=O)N3CCCCC3)cc2)S(=O)(=O)c2ccccc2)cc1Cl. The number of hydrazone groups is 1. The molecule has 0 aliphatic carbocycles. The molecule has 1 saturated heterocycles. The number of benzene rings is 3. The molecule has 0 atom stereocenters. The highest BCUT2D eigenvalue weighted by Gasteiger charge is 2.27. The fourth-order valence-electron chi connectivity index (χ4n) is 4.22. The molecule has 1 aliphatic rings. The maximum absolute atomic E-state index is 13.4. The van der Waals surface area contributed by atoms with E-state index < -0.39 is 22.5 Å². The molecule has 0 radical (unpaired) electrons. The largest absolute Gasteiger partial charge is 0.495 e. The Morgan fingerprint density at radius 3 is 2.39 bits per heavy atom. The first-order chi connectivity index (χ1) is 19.8. The Kier molecular flexibility index (Phi) is 10.2. The van der Waals surface area contributed by atoms with Gasteiger partial charge in [-0.3, -0.25) is 13.9 Å². The number of halogens is 1. The molecule has 1 heterocycles. The first-order valence-electron chi connectivity index (χ1n) is 13.0. The van der Waals surface area contributed by atoms with Crippen LogP contribution < -0.4 is 19.2 Å². The van der Waals surface area contributed by atoms with E-state index in [9.17, 15) is 18.0 Å². The van der Waals surface area contributed by atoms with Gasteiger partial charge in [-0.25, -0.2) is 13.8 Å². The Hall–Kier alpha value is -4.09. The summed E-state index contributed by atoms with van der Waals surface area (Å²) in [4.78, 5) is 26.9. The number of likely N-dealkylation sites (tertiary alicyclic amines) is 1. The monoisotopic (exact) mass is 598 g/mol. The summed E-state index contributed by atoms with van der Waals surface area (Å²) in [6, 6.07) is 19.1. The average molecular weight is 599 g/mol. The normalized spacial score (nSPS) is 13.6. The number of methoxy groups -OCH3 is 1. The molecule has 3 aromatic carbocycles. The lowest BCUT2D eigenvalue weighted by molar-refractivity contribution is -0.134. The summed E-state index contributed by atoms with van der Waals surface area (Å²) >= 11 is 6.24. The van der Waals surface area contributed by atoms with E-state index in [1.807, 2.05) is 4.90 Å². The molecule has 0 aromatic heterocycles. The number of sulfonamides is 1. The maximum atomic E-state index is 13.4. The average Bonchev–Trinajstić information content (AvgIpc) is 3.00. The van der Waals surface area contributed by atoms with Crippen LogP contribution in [0.25, 0.3) is 0 Å². The third-order valence-electron chi connectivity index (χ3n) is 6.40. The van der Waals surface area contributed by atoms with E-state index in [0.29, 0.717) is 17.1 Å². The zero-order valence-electron chi connectivity index (χ0n) is 22.5. The predicted octanol–water partition coefficient (Wildman–Crippen LogP) is 4.09. The Balaban J connectivity index is 1.38. The van der Waals surface area contributed by atoms with Gasteiger partial charge in [0.2, 0.25) is 0 Å². The summed E-state index contributed by atoms with van der Waals surface area (Å²) in [6.45, 7) is 0.973. The van der Waals surface area contributed by atoms with E-state index in [1.165, 1.54) is 43.7 Å². The molecule has 4 rings (SSSR count). The van der Waals surface area contributed by atoms with Gasteiger partial charge < -0.3 is 14.4 Å². The quantitative estimate of drug-likeness (QED) is 0.262. The zero-order chi connectivity index (χ0) is 29.2. The van der Waals surface area contributed by atoms with Crippen LogP contribution in [0.2, 0.25) is 5.02 Å². The number of amides is 2. The zero-order valence-corrected chi connectivity index (χ0v) is 24.1. The predicted molar refractivity (Wildman–Crippen MR) is 157 cm³/mol. The van der Waals surface area contributed by atoms with Crippen molar-refractivity contribution in [3.05, 3.63) is 83.4 Å². The van der Waals surface area contributed by atoms with Crippen molar-refractivity contribution in [1.29, 1.82) is 0 Å². The van der Waals surface area contributed by atoms with Crippen LogP contribution in [0.4, 0.5) is 5.69 Å². The van der Waals surface area contributed by atoms with Crippen molar-refractivity contribution in [1.82, 2.24) is 10.3 Å². The summed E-state index contributed by atoms with van der Waals surface area (Å²) in [5.74, 6) is 0.213. The minimum Gasteiger partial charge on any atom is -0.495 e. The summed E-state index contributed by atoms with van der Waals surface area (Å²) < 4.78 is 38.6. The Morgan fingerprint density at radius 2 is 1.73 bits per heavy atom. The molecule has 0 unspecified atom stereocenters. The van der Waals surface area contributed by atoms with E-state index >= 15 is 0 Å². The number of rotatable bonds is 11. The fraction of sp³-hybridized carbons (Fsp3) is 0.276. The molecule has 2 amide bonds. The van der Waals surface area contributed by atoms with Crippen molar-refractivity contribution in [2.45, 2.75) is 24.2 Å². The van der Waals surface area contributed by atoms with Crippen molar-refractivity contribution >= 4 is 45.3 Å². The lowest BCUT2D eigenvalue weighted by atomic mass is 10.1. The van der Waals surface area contributed by atoms with Crippen molar-refractivity contribution in [2.75, 3.05) is 37.7 Å². The van der Waals surface area contributed by atoms with Gasteiger partial charge >= 0.3 is 0 Å². The highest BCUT2D eigenvalue weighted by molar-refractivity contribution is 7.92. The number of carbonyl (C=O) groups excluding carboxylic acids is 2. The van der Waals surface area contributed by atoms with Gasteiger partial charge in [-0.15, -0.1) is 0 Å². The Labute approximate surface area is 244 Å². The smallest absolute Gasteiger partial charge is 0.264 e. The molecule has 3 aromatic rings. The molecule has 10 nitrogen and oxygen atoms in total. The van der Waals surface area contributed by atoms with Gasteiger partial charge in [0.15, 0.2) is 6.61 Å². The number of anilines is 1. The van der Waals surface area contributed by atoms with Gasteiger partial charge in [0, 0.05) is 13.1 Å². The second-order valence-electron chi connectivity index (χ2n) is 9.24. The van der Waals surface area contributed by atoms with Crippen LogP contribution in [0.3, 0.4) is 0 Å². The molecular weight excluding hydrogens is 568 g/mol. The van der Waals surface area contributed by atoms with Gasteiger partial charge in [-0.05, 0) is 79.4 Å². The standard InChI is InChI=1S/C29H31ClN4O6S/c1-39-27-15-12-23(18-26(27)30)34(41(37,38)25-8-4-2-5-9-25)20-28(35)32-31-19-22-10-13-24(14-11-22)40-21-29(36)33-16-6-3-7-17-33/h2,4-5,8-15,18-19H,3,6-7,16-17,20-21H2,1H3,(H,32,35)/b31-19-. The number of ether oxygens (including phenoxy) is 2. The van der Waals surface area contributed by atoms with Crippen LogP contribution in [0.1, 0.15) is 24.8 Å². The third kappa shape index (κ3) is 7.99. The Morgan fingerprint density at radius 1 is 1.02 bits per heavy atom. The molecule has 12 heteroatoms. The molecular formula is C29H31ClN4O6S. The molecule has 0 spiro atoms. The summed E-state index contributed by atoms with van der Waals surface area (Å²) in [5.41, 5.74) is 3.22. The number of carbonyl (C=O) groups is 2. The lowest BCUT2D eigenvalue weighted by Crippen LogP contribution is -2.39. The molecule has 0 saturated carbocycles. The molecule has 41 heavy (non-hydrogen) atoms. The van der Waals surface area contributed by atoms with Crippen molar-refractivity contribution < 1.29 is 27.5 Å². The van der Waals surface area contributed by atoms with E-state index in [4.69, 9.17) is 21.1 Å². The minimum atomic E-state index is -4.11. The highest BCUT2D eigenvalue weighted by Crippen LogP contribution is 2.31. The molecule has 0 bridgehead atoms. The van der Waals surface area contributed by atoms with E-state index in [1.54, 1.807) is 42.5 Å². The van der Waals surface area contributed by atoms with Crippen molar-refractivity contribution in [2.24, 2.45) is 5.10 Å². The molecule has 1 N–H and O–H groups in total. The highest BCUT2D eigenvalue weighted by atomic mass is 35.5. The van der Waals surface area contributed by atoms with Crippen LogP contribution in [-0.2, 0) is 19.6 Å². The minimum absolute atomic E-state index is 0.0168. The second kappa shape index (κ2) is 14.0.